The number of hydrogen-bond acceptors (Lipinski definition) is 4. The fraction of sp³-hybridized carbons (Fsp3) is 0.462. The monoisotopic (exact) mass is 269 g/mol. The van der Waals surface area contributed by atoms with Crippen molar-refractivity contribution in [1.29, 1.82) is 0 Å². The Bertz CT molecular complexity index is 409. The second-order valence-corrected chi connectivity index (χ2v) is 4.67. The van der Waals surface area contributed by atoms with E-state index >= 15 is 0 Å². The molecule has 0 aliphatic carbocycles. The molecule has 0 spiro atoms. The van der Waals surface area contributed by atoms with Crippen LogP contribution in [-0.2, 0) is 4.74 Å². The molecule has 2 N–H and O–H groups in total. The standard InChI is InChI=1S/C13H19NO3S/c1-9-3-4-11(18)7-12(9)13(16)14-6-5-10(15)8-17-2/h3-4,7,10,15,18H,5-6,8H2,1-2H3,(H,14,16). The summed E-state index contributed by atoms with van der Waals surface area (Å²) in [4.78, 5) is 12.7. The van der Waals surface area contributed by atoms with Crippen LogP contribution in [0.5, 0.6) is 0 Å². The highest BCUT2D eigenvalue weighted by atomic mass is 32.1. The van der Waals surface area contributed by atoms with Crippen molar-refractivity contribution in [3.63, 3.8) is 0 Å². The minimum atomic E-state index is -0.549. The van der Waals surface area contributed by atoms with Gasteiger partial charge in [-0.3, -0.25) is 4.79 Å². The van der Waals surface area contributed by atoms with E-state index in [1.54, 1.807) is 6.07 Å². The van der Waals surface area contributed by atoms with Gasteiger partial charge in [-0.05, 0) is 31.0 Å². The first kappa shape index (κ1) is 15.0. The summed E-state index contributed by atoms with van der Waals surface area (Å²) < 4.78 is 4.81. The minimum absolute atomic E-state index is 0.145. The summed E-state index contributed by atoms with van der Waals surface area (Å²) in [5, 5.41) is 12.2. The van der Waals surface area contributed by atoms with Gasteiger partial charge in [0.1, 0.15) is 0 Å². The minimum Gasteiger partial charge on any atom is -0.391 e. The van der Waals surface area contributed by atoms with Crippen LogP contribution in [0.25, 0.3) is 0 Å². The lowest BCUT2D eigenvalue weighted by Gasteiger charge is -2.11. The molecule has 0 aliphatic heterocycles. The molecule has 100 valence electrons. The van der Waals surface area contributed by atoms with Crippen LogP contribution >= 0.6 is 12.6 Å². The molecule has 1 atom stereocenters. The molecule has 1 aromatic carbocycles. The Hall–Kier alpha value is -1.04. The second-order valence-electron chi connectivity index (χ2n) is 4.15. The van der Waals surface area contributed by atoms with E-state index in [0.29, 0.717) is 18.5 Å². The number of aliphatic hydroxyl groups is 1. The Labute approximate surface area is 113 Å². The maximum Gasteiger partial charge on any atom is 0.251 e. The number of carbonyl (C=O) groups excluding carboxylic acids is 1. The number of aliphatic hydroxyl groups excluding tert-OH is 1. The second kappa shape index (κ2) is 7.41. The number of amides is 1. The average Bonchev–Trinajstić information content (AvgIpc) is 2.32. The number of benzene rings is 1. The van der Waals surface area contributed by atoms with Gasteiger partial charge >= 0.3 is 0 Å². The molecule has 0 heterocycles. The average molecular weight is 269 g/mol. The zero-order valence-corrected chi connectivity index (χ0v) is 11.5. The first-order valence-corrected chi connectivity index (χ1v) is 6.24. The van der Waals surface area contributed by atoms with E-state index in [2.05, 4.69) is 17.9 Å². The molecule has 0 bridgehead atoms. The van der Waals surface area contributed by atoms with Gasteiger partial charge in [-0.1, -0.05) is 6.07 Å². The van der Waals surface area contributed by atoms with Crippen LogP contribution in [0, 0.1) is 6.92 Å². The van der Waals surface area contributed by atoms with Crippen LogP contribution in [0.2, 0.25) is 0 Å². The third-order valence-electron chi connectivity index (χ3n) is 2.59. The number of thiol groups is 1. The van der Waals surface area contributed by atoms with Crippen molar-refractivity contribution in [2.24, 2.45) is 0 Å². The first-order valence-electron chi connectivity index (χ1n) is 5.79. The number of carbonyl (C=O) groups is 1. The maximum atomic E-state index is 11.9. The molecule has 0 aliphatic rings. The van der Waals surface area contributed by atoms with E-state index in [4.69, 9.17) is 4.74 Å². The van der Waals surface area contributed by atoms with Gasteiger partial charge in [-0.2, -0.15) is 0 Å². The smallest absolute Gasteiger partial charge is 0.251 e. The highest BCUT2D eigenvalue weighted by Gasteiger charge is 2.10. The Kier molecular flexibility index (Phi) is 6.18. The molecule has 0 aromatic heterocycles. The Morgan fingerprint density at radius 1 is 1.56 bits per heavy atom. The molecular formula is C13H19NO3S. The molecule has 1 unspecified atom stereocenters. The van der Waals surface area contributed by atoms with E-state index in [9.17, 15) is 9.90 Å². The Morgan fingerprint density at radius 3 is 2.94 bits per heavy atom. The Morgan fingerprint density at radius 2 is 2.28 bits per heavy atom. The van der Waals surface area contributed by atoms with Gasteiger partial charge in [0.2, 0.25) is 0 Å². The van der Waals surface area contributed by atoms with Gasteiger partial charge in [-0.25, -0.2) is 0 Å². The highest BCUT2D eigenvalue weighted by Crippen LogP contribution is 2.13. The molecule has 1 amide bonds. The van der Waals surface area contributed by atoms with Gasteiger partial charge in [0, 0.05) is 24.1 Å². The van der Waals surface area contributed by atoms with Gasteiger partial charge in [0.05, 0.1) is 12.7 Å². The van der Waals surface area contributed by atoms with Gasteiger partial charge in [0.25, 0.3) is 5.91 Å². The van der Waals surface area contributed by atoms with Crippen molar-refractivity contribution in [3.05, 3.63) is 29.3 Å². The van der Waals surface area contributed by atoms with Crippen molar-refractivity contribution in [2.45, 2.75) is 24.3 Å². The summed E-state index contributed by atoms with van der Waals surface area (Å²) in [6.45, 7) is 2.57. The molecule has 0 saturated carbocycles. The third-order valence-corrected chi connectivity index (χ3v) is 2.87. The van der Waals surface area contributed by atoms with Gasteiger partial charge in [0.15, 0.2) is 0 Å². The molecule has 0 saturated heterocycles. The number of hydrogen-bond donors (Lipinski definition) is 3. The summed E-state index contributed by atoms with van der Waals surface area (Å²) >= 11 is 4.21. The predicted octanol–water partition coefficient (Wildman–Crippen LogP) is 1.41. The lowest BCUT2D eigenvalue weighted by Crippen LogP contribution is -2.29. The number of methoxy groups -OCH3 is 1. The normalized spacial score (nSPS) is 12.2. The third kappa shape index (κ3) is 4.68. The lowest BCUT2D eigenvalue weighted by molar-refractivity contribution is 0.0587. The topological polar surface area (TPSA) is 58.6 Å². The SMILES string of the molecule is COCC(O)CCNC(=O)c1cc(S)ccc1C. The first-order chi connectivity index (χ1) is 8.54. The fourth-order valence-electron chi connectivity index (χ4n) is 1.58. The van der Waals surface area contributed by atoms with Gasteiger partial charge in [-0.15, -0.1) is 12.6 Å². The van der Waals surface area contributed by atoms with E-state index in [-0.39, 0.29) is 12.5 Å². The molecule has 1 rings (SSSR count). The summed E-state index contributed by atoms with van der Waals surface area (Å²) in [5.74, 6) is -0.145. The van der Waals surface area contributed by atoms with Crippen LogP contribution in [0.4, 0.5) is 0 Å². The van der Waals surface area contributed by atoms with Crippen molar-refractivity contribution in [2.75, 3.05) is 20.3 Å². The van der Waals surface area contributed by atoms with Crippen molar-refractivity contribution in [1.82, 2.24) is 5.32 Å². The van der Waals surface area contributed by atoms with Crippen LogP contribution in [0.15, 0.2) is 23.1 Å². The summed E-state index contributed by atoms with van der Waals surface area (Å²) in [5.41, 5.74) is 1.52. The maximum absolute atomic E-state index is 11.9. The number of aryl methyl sites for hydroxylation is 1. The number of ether oxygens (including phenoxy) is 1. The largest absolute Gasteiger partial charge is 0.391 e. The fourth-order valence-corrected chi connectivity index (χ4v) is 1.78. The van der Waals surface area contributed by atoms with Crippen LogP contribution < -0.4 is 5.32 Å². The zero-order valence-electron chi connectivity index (χ0n) is 10.6. The highest BCUT2D eigenvalue weighted by molar-refractivity contribution is 7.80. The van der Waals surface area contributed by atoms with Crippen molar-refractivity contribution >= 4 is 18.5 Å². The molecule has 18 heavy (non-hydrogen) atoms. The van der Waals surface area contributed by atoms with E-state index in [0.717, 1.165) is 10.5 Å². The zero-order chi connectivity index (χ0) is 13.5. The molecule has 4 nitrogen and oxygen atoms in total. The van der Waals surface area contributed by atoms with Crippen LogP contribution in [-0.4, -0.2) is 37.4 Å². The van der Waals surface area contributed by atoms with E-state index in [1.165, 1.54) is 7.11 Å². The van der Waals surface area contributed by atoms with Crippen molar-refractivity contribution < 1.29 is 14.6 Å². The van der Waals surface area contributed by atoms with Crippen LogP contribution in [0.1, 0.15) is 22.3 Å². The van der Waals surface area contributed by atoms with E-state index < -0.39 is 6.10 Å². The van der Waals surface area contributed by atoms with Gasteiger partial charge < -0.3 is 15.2 Å². The number of nitrogens with one attached hydrogen (secondary N) is 1. The summed E-state index contributed by atoms with van der Waals surface area (Å²) in [6.07, 6.45) is -0.0771. The summed E-state index contributed by atoms with van der Waals surface area (Å²) in [6, 6.07) is 5.44. The molecule has 0 fully saturated rings. The van der Waals surface area contributed by atoms with Crippen LogP contribution in [0.3, 0.4) is 0 Å². The molecular weight excluding hydrogens is 250 g/mol. The summed E-state index contributed by atoms with van der Waals surface area (Å²) in [7, 11) is 1.53. The quantitative estimate of drug-likeness (QED) is 0.684. The Balaban J connectivity index is 2.48. The number of rotatable bonds is 6. The van der Waals surface area contributed by atoms with Crippen molar-refractivity contribution in [3.8, 4) is 0 Å². The lowest BCUT2D eigenvalue weighted by atomic mass is 10.1. The van der Waals surface area contributed by atoms with E-state index in [1.807, 2.05) is 19.1 Å². The predicted molar refractivity (Wildman–Crippen MR) is 73.3 cm³/mol. The molecule has 1 aromatic rings. The molecule has 0 radical (unpaired) electrons. The molecule has 5 heteroatoms.